The third kappa shape index (κ3) is 9.11. The van der Waals surface area contributed by atoms with E-state index in [1.165, 1.54) is 16.8 Å². The molecule has 1 fully saturated rings. The number of anilines is 1. The molecule has 0 atom stereocenters. The highest BCUT2D eigenvalue weighted by Gasteiger charge is 2.38. The molecule has 4 rings (SSSR count). The summed E-state index contributed by atoms with van der Waals surface area (Å²) in [6.07, 6.45) is -1.99. The number of benzene rings is 2. The number of nitrogens with zero attached hydrogens (tertiary/aromatic N) is 2. The highest BCUT2D eigenvalue weighted by Crippen LogP contribution is 2.29. The minimum Gasteiger partial charge on any atom is -0.475 e. The molecule has 0 unspecified atom stereocenters. The summed E-state index contributed by atoms with van der Waals surface area (Å²) in [7, 11) is 4.08. The summed E-state index contributed by atoms with van der Waals surface area (Å²) in [6.45, 7) is 5.22. The smallest absolute Gasteiger partial charge is 0.475 e. The minimum absolute atomic E-state index is 0.0553. The average Bonchev–Trinajstić information content (AvgIpc) is 3.41. The fourth-order valence-electron chi connectivity index (χ4n) is 4.17. The lowest BCUT2D eigenvalue weighted by Gasteiger charge is -2.32. The molecular weight excluding hydrogens is 527 g/mol. The van der Waals surface area contributed by atoms with Crippen molar-refractivity contribution in [1.82, 2.24) is 10.2 Å². The second kappa shape index (κ2) is 13.6. The molecule has 1 amide bonds. The Morgan fingerprint density at radius 2 is 1.54 bits per heavy atom. The topological polar surface area (TPSA) is 72.9 Å². The Morgan fingerprint density at radius 1 is 0.974 bits per heavy atom. The first kappa shape index (κ1) is 30.2. The zero-order valence-electron chi connectivity index (χ0n) is 22.3. The van der Waals surface area contributed by atoms with E-state index < -0.39 is 12.1 Å². The van der Waals surface area contributed by atoms with Crippen molar-refractivity contribution < 1.29 is 27.9 Å². The maximum absolute atomic E-state index is 12.8. The highest BCUT2D eigenvalue weighted by molar-refractivity contribution is 7.17. The molecule has 39 heavy (non-hydrogen) atoms. The van der Waals surface area contributed by atoms with Crippen LogP contribution in [0.15, 0.2) is 60.7 Å². The number of piperidine rings is 1. The first-order valence-corrected chi connectivity index (χ1v) is 13.6. The van der Waals surface area contributed by atoms with E-state index in [4.69, 9.17) is 9.90 Å². The molecule has 1 saturated heterocycles. The monoisotopic (exact) mass is 561 g/mol. The van der Waals surface area contributed by atoms with Crippen LogP contribution in [0, 0.1) is 0 Å². The van der Waals surface area contributed by atoms with Gasteiger partial charge < -0.3 is 15.3 Å². The quantitative estimate of drug-likeness (QED) is 0.366. The SMILES string of the molecule is CCc1ccc(CN2CCC(NC(=O)c3ccc(-c4ccc(N(C)C)cc4)s3)CC2)cc1.O=C(O)C(F)(F)F. The number of hydrogen-bond donors (Lipinski definition) is 2. The molecule has 0 spiro atoms. The van der Waals surface area contributed by atoms with Gasteiger partial charge >= 0.3 is 12.1 Å². The number of aryl methyl sites for hydroxylation is 1. The number of carboxylic acids is 1. The van der Waals surface area contributed by atoms with Crippen molar-refractivity contribution in [3.8, 4) is 10.4 Å². The fourth-order valence-corrected chi connectivity index (χ4v) is 5.08. The Morgan fingerprint density at radius 3 is 2.05 bits per heavy atom. The molecule has 0 bridgehead atoms. The summed E-state index contributed by atoms with van der Waals surface area (Å²) in [6, 6.07) is 21.7. The zero-order valence-corrected chi connectivity index (χ0v) is 23.1. The first-order valence-electron chi connectivity index (χ1n) is 12.7. The number of hydrogen-bond acceptors (Lipinski definition) is 5. The van der Waals surface area contributed by atoms with Crippen molar-refractivity contribution >= 4 is 28.9 Å². The number of nitrogens with one attached hydrogen (secondary N) is 1. The minimum atomic E-state index is -5.08. The van der Waals surface area contributed by atoms with E-state index in [-0.39, 0.29) is 11.9 Å². The third-order valence-corrected chi connectivity index (χ3v) is 7.63. The summed E-state index contributed by atoms with van der Waals surface area (Å²) in [4.78, 5) is 28.2. The molecule has 6 nitrogen and oxygen atoms in total. The lowest BCUT2D eigenvalue weighted by Crippen LogP contribution is -2.44. The molecule has 1 aliphatic heterocycles. The van der Waals surface area contributed by atoms with Gasteiger partial charge in [0.15, 0.2) is 0 Å². The standard InChI is InChI=1S/C27H33N3OS.C2HF3O2/c1-4-20-5-7-21(8-6-20)19-30-17-15-23(16-18-30)28-27(31)26-14-13-25(32-26)22-9-11-24(12-10-22)29(2)3;3-2(4,5)1(6)7/h5-14,23H,4,15-19H2,1-3H3,(H,28,31);(H,6,7). The van der Waals surface area contributed by atoms with E-state index in [1.807, 2.05) is 20.2 Å². The maximum atomic E-state index is 12.8. The van der Waals surface area contributed by atoms with E-state index in [0.717, 1.165) is 54.2 Å². The van der Waals surface area contributed by atoms with Crippen molar-refractivity contribution in [3.63, 3.8) is 0 Å². The van der Waals surface area contributed by atoms with E-state index in [9.17, 15) is 18.0 Å². The Bertz CT molecular complexity index is 1220. The van der Waals surface area contributed by atoms with Gasteiger partial charge in [-0.05, 0) is 60.2 Å². The molecule has 0 aliphatic carbocycles. The van der Waals surface area contributed by atoms with Crippen LogP contribution in [0.5, 0.6) is 0 Å². The molecule has 0 radical (unpaired) electrons. The van der Waals surface area contributed by atoms with Gasteiger partial charge in [-0.3, -0.25) is 9.69 Å². The largest absolute Gasteiger partial charge is 0.490 e. The second-order valence-electron chi connectivity index (χ2n) is 9.60. The van der Waals surface area contributed by atoms with Crippen LogP contribution in [0.2, 0.25) is 0 Å². The predicted octanol–water partition coefficient (Wildman–Crippen LogP) is 6.07. The van der Waals surface area contributed by atoms with Gasteiger partial charge in [0.05, 0.1) is 4.88 Å². The molecular formula is C29H34F3N3O3S. The van der Waals surface area contributed by atoms with Crippen LogP contribution in [0.4, 0.5) is 18.9 Å². The number of amides is 1. The van der Waals surface area contributed by atoms with E-state index in [0.29, 0.717) is 0 Å². The van der Waals surface area contributed by atoms with Crippen molar-refractivity contribution in [2.45, 2.75) is 44.9 Å². The average molecular weight is 562 g/mol. The normalized spacial score (nSPS) is 14.3. The van der Waals surface area contributed by atoms with Gasteiger partial charge in [-0.15, -0.1) is 11.3 Å². The number of aliphatic carboxylic acids is 1. The Balaban J connectivity index is 0.000000532. The van der Waals surface area contributed by atoms with Crippen LogP contribution in [0.25, 0.3) is 10.4 Å². The van der Waals surface area contributed by atoms with Crippen molar-refractivity contribution in [2.75, 3.05) is 32.1 Å². The van der Waals surface area contributed by atoms with Gasteiger partial charge in [-0.25, -0.2) is 4.79 Å². The summed E-state index contributed by atoms with van der Waals surface area (Å²) < 4.78 is 31.7. The second-order valence-corrected chi connectivity index (χ2v) is 10.7. The Kier molecular flexibility index (Phi) is 10.5. The van der Waals surface area contributed by atoms with Crippen LogP contribution in [-0.2, 0) is 17.8 Å². The van der Waals surface area contributed by atoms with Crippen molar-refractivity contribution in [2.24, 2.45) is 0 Å². The van der Waals surface area contributed by atoms with Gasteiger partial charge in [0.25, 0.3) is 5.91 Å². The van der Waals surface area contributed by atoms with Crippen LogP contribution in [0.1, 0.15) is 40.6 Å². The Hall–Kier alpha value is -3.37. The predicted molar refractivity (Wildman–Crippen MR) is 149 cm³/mol. The highest BCUT2D eigenvalue weighted by atomic mass is 32.1. The summed E-state index contributed by atoms with van der Waals surface area (Å²) in [5, 5.41) is 10.4. The van der Waals surface area contributed by atoms with Crippen molar-refractivity contribution in [1.29, 1.82) is 0 Å². The molecule has 0 saturated carbocycles. The molecule has 2 aromatic carbocycles. The van der Waals surface area contributed by atoms with E-state index in [2.05, 4.69) is 76.6 Å². The fraction of sp³-hybridized carbons (Fsp3) is 0.379. The molecule has 2 heterocycles. The van der Waals surface area contributed by atoms with Gasteiger partial charge in [0.2, 0.25) is 0 Å². The van der Waals surface area contributed by atoms with Crippen molar-refractivity contribution in [3.05, 3.63) is 76.7 Å². The molecule has 3 aromatic rings. The number of likely N-dealkylation sites (tertiary alicyclic amines) is 1. The van der Waals surface area contributed by atoms with Gasteiger partial charge in [0.1, 0.15) is 0 Å². The number of halogens is 3. The summed E-state index contributed by atoms with van der Waals surface area (Å²) in [5.41, 5.74) is 5.08. The van der Waals surface area contributed by atoms with Gasteiger partial charge in [-0.1, -0.05) is 43.3 Å². The maximum Gasteiger partial charge on any atom is 0.490 e. The molecule has 1 aromatic heterocycles. The van der Waals surface area contributed by atoms with Crippen LogP contribution in [0.3, 0.4) is 0 Å². The first-order chi connectivity index (χ1) is 18.5. The van der Waals surface area contributed by atoms with Crippen LogP contribution < -0.4 is 10.2 Å². The number of thiophene rings is 1. The zero-order chi connectivity index (χ0) is 28.6. The number of rotatable bonds is 7. The van der Waals surface area contributed by atoms with Gasteiger partial charge in [0, 0.05) is 50.3 Å². The lowest BCUT2D eigenvalue weighted by molar-refractivity contribution is -0.192. The number of alkyl halides is 3. The number of carbonyl (C=O) groups excluding carboxylic acids is 1. The molecule has 2 N–H and O–H groups in total. The van der Waals surface area contributed by atoms with Gasteiger partial charge in [-0.2, -0.15) is 13.2 Å². The van der Waals surface area contributed by atoms with E-state index >= 15 is 0 Å². The Labute approximate surface area is 231 Å². The number of carboxylic acid groups (broad SMARTS) is 1. The summed E-state index contributed by atoms with van der Waals surface area (Å²) >= 11 is 1.57. The van der Waals surface area contributed by atoms with Crippen LogP contribution in [-0.4, -0.2) is 61.3 Å². The summed E-state index contributed by atoms with van der Waals surface area (Å²) in [5.74, 6) is -2.70. The lowest BCUT2D eigenvalue weighted by atomic mass is 10.0. The third-order valence-electron chi connectivity index (χ3n) is 6.50. The van der Waals surface area contributed by atoms with E-state index in [1.54, 1.807) is 11.3 Å². The number of carbonyl (C=O) groups is 2. The van der Waals surface area contributed by atoms with Crippen LogP contribution >= 0.6 is 11.3 Å². The molecule has 10 heteroatoms. The molecule has 210 valence electrons. The molecule has 1 aliphatic rings.